The van der Waals surface area contributed by atoms with Crippen LogP contribution < -0.4 is 14.8 Å². The van der Waals surface area contributed by atoms with Crippen molar-refractivity contribution in [3.8, 4) is 11.5 Å². The molecule has 1 heterocycles. The molecule has 0 saturated heterocycles. The predicted molar refractivity (Wildman–Crippen MR) is 86.1 cm³/mol. The SMILES string of the molecule is Cc1ccc(NC(=O)/C=C/c2ccc3c(c2)OCO3)c(C)c1. The fraction of sp³-hybridized carbons (Fsp3) is 0.167. The Morgan fingerprint density at radius 3 is 2.73 bits per heavy atom. The number of hydrogen-bond acceptors (Lipinski definition) is 3. The highest BCUT2D eigenvalue weighted by molar-refractivity contribution is 6.02. The van der Waals surface area contributed by atoms with Gasteiger partial charge in [0.2, 0.25) is 12.7 Å². The fourth-order valence-electron chi connectivity index (χ4n) is 2.32. The third kappa shape index (κ3) is 3.11. The van der Waals surface area contributed by atoms with E-state index in [-0.39, 0.29) is 12.7 Å². The number of hydrogen-bond donors (Lipinski definition) is 1. The highest BCUT2D eigenvalue weighted by Crippen LogP contribution is 2.32. The Kier molecular flexibility index (Phi) is 3.83. The van der Waals surface area contributed by atoms with E-state index in [9.17, 15) is 4.79 Å². The van der Waals surface area contributed by atoms with Gasteiger partial charge in [-0.2, -0.15) is 0 Å². The second-order valence-electron chi connectivity index (χ2n) is 5.25. The number of carbonyl (C=O) groups is 1. The third-order valence-corrected chi connectivity index (χ3v) is 3.46. The van der Waals surface area contributed by atoms with Gasteiger partial charge in [0.25, 0.3) is 0 Å². The van der Waals surface area contributed by atoms with Crippen molar-refractivity contribution in [2.45, 2.75) is 13.8 Å². The van der Waals surface area contributed by atoms with E-state index < -0.39 is 0 Å². The number of nitrogens with one attached hydrogen (secondary N) is 1. The van der Waals surface area contributed by atoms with E-state index in [4.69, 9.17) is 9.47 Å². The number of aryl methyl sites for hydroxylation is 2. The molecular formula is C18H17NO3. The molecule has 2 aromatic rings. The van der Waals surface area contributed by atoms with Crippen molar-refractivity contribution in [1.29, 1.82) is 0 Å². The molecule has 4 nitrogen and oxygen atoms in total. The Bertz CT molecular complexity index is 750. The summed E-state index contributed by atoms with van der Waals surface area (Å²) in [6.07, 6.45) is 3.26. The lowest BCUT2D eigenvalue weighted by Crippen LogP contribution is -2.08. The molecule has 0 fully saturated rings. The summed E-state index contributed by atoms with van der Waals surface area (Å²) in [5, 5.41) is 2.88. The minimum Gasteiger partial charge on any atom is -0.454 e. The Morgan fingerprint density at radius 2 is 1.91 bits per heavy atom. The van der Waals surface area contributed by atoms with Crippen molar-refractivity contribution < 1.29 is 14.3 Å². The minimum atomic E-state index is -0.162. The number of fused-ring (bicyclic) bond motifs is 1. The van der Waals surface area contributed by atoms with Crippen LogP contribution in [0.3, 0.4) is 0 Å². The van der Waals surface area contributed by atoms with Crippen LogP contribution in [0.25, 0.3) is 6.08 Å². The average Bonchev–Trinajstić information content (AvgIpc) is 2.95. The summed E-state index contributed by atoms with van der Waals surface area (Å²) >= 11 is 0. The second kappa shape index (κ2) is 5.93. The van der Waals surface area contributed by atoms with Gasteiger partial charge in [-0.05, 0) is 49.2 Å². The number of benzene rings is 2. The summed E-state index contributed by atoms with van der Waals surface area (Å²) < 4.78 is 10.6. The number of ether oxygens (including phenoxy) is 2. The van der Waals surface area contributed by atoms with Crippen LogP contribution in [-0.2, 0) is 4.79 Å². The lowest BCUT2D eigenvalue weighted by atomic mass is 10.1. The first kappa shape index (κ1) is 14.2. The van der Waals surface area contributed by atoms with Crippen molar-refractivity contribution in [2.75, 3.05) is 12.1 Å². The number of anilines is 1. The third-order valence-electron chi connectivity index (χ3n) is 3.46. The van der Waals surface area contributed by atoms with E-state index in [1.54, 1.807) is 6.08 Å². The summed E-state index contributed by atoms with van der Waals surface area (Å²) in [5.41, 5.74) is 3.93. The molecule has 0 radical (unpaired) electrons. The number of amides is 1. The van der Waals surface area contributed by atoms with Gasteiger partial charge in [0, 0.05) is 11.8 Å². The van der Waals surface area contributed by atoms with Crippen LogP contribution in [0, 0.1) is 13.8 Å². The fourth-order valence-corrected chi connectivity index (χ4v) is 2.32. The van der Waals surface area contributed by atoms with Crippen molar-refractivity contribution in [3.05, 3.63) is 59.2 Å². The summed E-state index contributed by atoms with van der Waals surface area (Å²) in [6, 6.07) is 11.5. The van der Waals surface area contributed by atoms with Gasteiger partial charge in [0.05, 0.1) is 0 Å². The normalized spacial score (nSPS) is 12.6. The van der Waals surface area contributed by atoms with Crippen LogP contribution in [0.5, 0.6) is 11.5 Å². The molecule has 0 unspecified atom stereocenters. The molecule has 2 aromatic carbocycles. The van der Waals surface area contributed by atoms with Gasteiger partial charge in [-0.25, -0.2) is 0 Å². The molecular weight excluding hydrogens is 278 g/mol. The number of carbonyl (C=O) groups excluding carboxylic acids is 1. The molecule has 4 heteroatoms. The zero-order valence-electron chi connectivity index (χ0n) is 12.6. The molecule has 112 valence electrons. The molecule has 1 amide bonds. The van der Waals surface area contributed by atoms with Crippen LogP contribution in [0.15, 0.2) is 42.5 Å². The van der Waals surface area contributed by atoms with Gasteiger partial charge in [0.1, 0.15) is 0 Å². The van der Waals surface area contributed by atoms with Crippen LogP contribution in [0.4, 0.5) is 5.69 Å². The maximum Gasteiger partial charge on any atom is 0.248 e. The monoisotopic (exact) mass is 295 g/mol. The first-order valence-corrected chi connectivity index (χ1v) is 7.08. The molecule has 0 aliphatic carbocycles. The molecule has 0 aromatic heterocycles. The zero-order chi connectivity index (χ0) is 15.5. The van der Waals surface area contributed by atoms with Crippen LogP contribution in [0.1, 0.15) is 16.7 Å². The molecule has 22 heavy (non-hydrogen) atoms. The first-order valence-electron chi connectivity index (χ1n) is 7.08. The van der Waals surface area contributed by atoms with E-state index >= 15 is 0 Å². The van der Waals surface area contributed by atoms with Gasteiger partial charge in [-0.15, -0.1) is 0 Å². The zero-order valence-corrected chi connectivity index (χ0v) is 12.6. The van der Waals surface area contributed by atoms with E-state index in [0.717, 1.165) is 22.6 Å². The largest absolute Gasteiger partial charge is 0.454 e. The van der Waals surface area contributed by atoms with E-state index in [0.29, 0.717) is 5.75 Å². The lowest BCUT2D eigenvalue weighted by molar-refractivity contribution is -0.111. The standard InChI is InChI=1S/C18H17NO3/c1-12-3-6-15(13(2)9-12)19-18(20)8-5-14-4-7-16-17(10-14)22-11-21-16/h3-10H,11H2,1-2H3,(H,19,20)/b8-5+. The van der Waals surface area contributed by atoms with Gasteiger partial charge in [-0.1, -0.05) is 23.8 Å². The number of rotatable bonds is 3. The highest BCUT2D eigenvalue weighted by atomic mass is 16.7. The molecule has 0 spiro atoms. The summed E-state index contributed by atoms with van der Waals surface area (Å²) in [5.74, 6) is 1.28. The minimum absolute atomic E-state index is 0.162. The molecule has 3 rings (SSSR count). The molecule has 1 N–H and O–H groups in total. The topological polar surface area (TPSA) is 47.6 Å². The summed E-state index contributed by atoms with van der Waals surface area (Å²) in [6.45, 7) is 4.25. The average molecular weight is 295 g/mol. The second-order valence-corrected chi connectivity index (χ2v) is 5.25. The highest BCUT2D eigenvalue weighted by Gasteiger charge is 2.12. The van der Waals surface area contributed by atoms with Gasteiger partial charge in [-0.3, -0.25) is 4.79 Å². The summed E-state index contributed by atoms with van der Waals surface area (Å²) in [7, 11) is 0. The van der Waals surface area contributed by atoms with Crippen molar-refractivity contribution in [2.24, 2.45) is 0 Å². The Balaban J connectivity index is 1.68. The van der Waals surface area contributed by atoms with Crippen molar-refractivity contribution >= 4 is 17.7 Å². The van der Waals surface area contributed by atoms with E-state index in [1.807, 2.05) is 50.2 Å². The molecule has 1 aliphatic heterocycles. The predicted octanol–water partition coefficient (Wildman–Crippen LogP) is 3.68. The van der Waals surface area contributed by atoms with Crippen molar-refractivity contribution in [1.82, 2.24) is 0 Å². The maximum absolute atomic E-state index is 12.0. The molecule has 0 saturated carbocycles. The van der Waals surface area contributed by atoms with Crippen LogP contribution in [0.2, 0.25) is 0 Å². The molecule has 0 bridgehead atoms. The first-order chi connectivity index (χ1) is 10.6. The Labute approximate surface area is 129 Å². The van der Waals surface area contributed by atoms with E-state index in [1.165, 1.54) is 11.6 Å². The smallest absolute Gasteiger partial charge is 0.248 e. The van der Waals surface area contributed by atoms with Gasteiger partial charge in [0.15, 0.2) is 11.5 Å². The molecule has 1 aliphatic rings. The van der Waals surface area contributed by atoms with Gasteiger partial charge < -0.3 is 14.8 Å². The van der Waals surface area contributed by atoms with E-state index in [2.05, 4.69) is 5.32 Å². The quantitative estimate of drug-likeness (QED) is 0.879. The molecule has 0 atom stereocenters. The summed E-state index contributed by atoms with van der Waals surface area (Å²) in [4.78, 5) is 12.0. The Hall–Kier alpha value is -2.75. The van der Waals surface area contributed by atoms with Crippen LogP contribution in [-0.4, -0.2) is 12.7 Å². The van der Waals surface area contributed by atoms with Crippen LogP contribution >= 0.6 is 0 Å². The maximum atomic E-state index is 12.0. The van der Waals surface area contributed by atoms with Gasteiger partial charge >= 0.3 is 0 Å². The Morgan fingerprint density at radius 1 is 1.09 bits per heavy atom. The lowest BCUT2D eigenvalue weighted by Gasteiger charge is -2.07. The van der Waals surface area contributed by atoms with Crippen molar-refractivity contribution in [3.63, 3.8) is 0 Å².